The van der Waals surface area contributed by atoms with Gasteiger partial charge >= 0.3 is 11.9 Å². The molecule has 1 amide bonds. The number of ether oxygens (including phenoxy) is 1. The summed E-state index contributed by atoms with van der Waals surface area (Å²) in [5.74, 6) is -2.82. The molecule has 1 aliphatic rings. The highest BCUT2D eigenvalue weighted by atomic mass is 16.5. The summed E-state index contributed by atoms with van der Waals surface area (Å²) < 4.78 is 5.10. The lowest BCUT2D eigenvalue weighted by Crippen LogP contribution is -2.51. The van der Waals surface area contributed by atoms with Crippen LogP contribution >= 0.6 is 0 Å². The Labute approximate surface area is 152 Å². The normalized spacial score (nSPS) is 16.0. The Morgan fingerprint density at radius 3 is 1.96 bits per heavy atom. The lowest BCUT2D eigenvalue weighted by molar-refractivity contribution is -0.159. The Balaban J connectivity index is 0.000000487. The molecule has 0 radical (unpaired) electrons. The van der Waals surface area contributed by atoms with Crippen LogP contribution in [0, 0.1) is 0 Å². The number of nitrogens with zero attached hydrogens (tertiary/aromatic N) is 2. The minimum absolute atomic E-state index is 0.0414. The van der Waals surface area contributed by atoms with Crippen LogP contribution < -0.4 is 10.1 Å². The highest BCUT2D eigenvalue weighted by Gasteiger charge is 2.24. The first-order valence-corrected chi connectivity index (χ1v) is 8.08. The van der Waals surface area contributed by atoms with Crippen LogP contribution in [0.1, 0.15) is 6.92 Å². The van der Waals surface area contributed by atoms with E-state index in [0.717, 1.165) is 37.6 Å². The summed E-state index contributed by atoms with van der Waals surface area (Å²) in [6, 6.07) is 7.29. The first-order valence-electron chi connectivity index (χ1n) is 8.08. The van der Waals surface area contributed by atoms with Gasteiger partial charge in [-0.2, -0.15) is 0 Å². The summed E-state index contributed by atoms with van der Waals surface area (Å²) in [6.45, 7) is 5.87. The van der Waals surface area contributed by atoms with Crippen molar-refractivity contribution in [2.75, 3.05) is 45.7 Å². The number of methoxy groups -OCH3 is 1. The van der Waals surface area contributed by atoms with Crippen LogP contribution in [-0.2, 0) is 14.4 Å². The molecule has 1 aromatic rings. The number of carbonyl (C=O) groups is 3. The monoisotopic (exact) mass is 367 g/mol. The van der Waals surface area contributed by atoms with E-state index in [4.69, 9.17) is 24.5 Å². The zero-order chi connectivity index (χ0) is 19.7. The van der Waals surface area contributed by atoms with E-state index in [1.54, 1.807) is 7.11 Å². The van der Waals surface area contributed by atoms with Crippen molar-refractivity contribution in [3.05, 3.63) is 24.3 Å². The fourth-order valence-corrected chi connectivity index (χ4v) is 2.30. The van der Waals surface area contributed by atoms with Gasteiger partial charge in [0, 0.05) is 31.9 Å². The van der Waals surface area contributed by atoms with E-state index in [0.29, 0.717) is 0 Å². The fourth-order valence-electron chi connectivity index (χ4n) is 2.30. The van der Waals surface area contributed by atoms with Gasteiger partial charge in [-0.05, 0) is 38.2 Å². The SMILES string of the molecule is COc1ccc(NC(=O)C(C)N2CCN(C)CC2)cc1.O=C(O)C(=O)O. The van der Waals surface area contributed by atoms with Crippen LogP contribution in [-0.4, -0.2) is 84.2 Å². The molecule has 9 heteroatoms. The van der Waals surface area contributed by atoms with Crippen LogP contribution in [0.5, 0.6) is 5.75 Å². The van der Waals surface area contributed by atoms with E-state index in [1.165, 1.54) is 0 Å². The number of carboxylic acids is 2. The van der Waals surface area contributed by atoms with E-state index in [1.807, 2.05) is 31.2 Å². The largest absolute Gasteiger partial charge is 0.497 e. The maximum atomic E-state index is 12.3. The Hall–Kier alpha value is -2.65. The Kier molecular flexibility index (Phi) is 8.53. The van der Waals surface area contributed by atoms with Crippen LogP contribution in [0.4, 0.5) is 5.69 Å². The zero-order valence-corrected chi connectivity index (χ0v) is 15.1. The van der Waals surface area contributed by atoms with Crippen molar-refractivity contribution >= 4 is 23.5 Å². The quantitative estimate of drug-likeness (QED) is 0.655. The molecule has 144 valence electrons. The van der Waals surface area contributed by atoms with Gasteiger partial charge in [-0.25, -0.2) is 9.59 Å². The van der Waals surface area contributed by atoms with E-state index < -0.39 is 11.9 Å². The molecule has 1 aromatic carbocycles. The summed E-state index contributed by atoms with van der Waals surface area (Å²) >= 11 is 0. The number of piperazine rings is 1. The number of carbonyl (C=O) groups excluding carboxylic acids is 1. The molecule has 1 atom stereocenters. The van der Waals surface area contributed by atoms with Gasteiger partial charge in [0.1, 0.15) is 5.75 Å². The molecule has 9 nitrogen and oxygen atoms in total. The minimum atomic E-state index is -1.82. The molecule has 1 heterocycles. The maximum Gasteiger partial charge on any atom is 0.414 e. The number of hydrogen-bond acceptors (Lipinski definition) is 6. The number of rotatable bonds is 4. The zero-order valence-electron chi connectivity index (χ0n) is 15.1. The first kappa shape index (κ1) is 21.4. The third kappa shape index (κ3) is 7.08. The van der Waals surface area contributed by atoms with E-state index in [-0.39, 0.29) is 11.9 Å². The highest BCUT2D eigenvalue weighted by Crippen LogP contribution is 2.16. The molecule has 1 aliphatic heterocycles. The number of amides is 1. The number of anilines is 1. The second-order valence-electron chi connectivity index (χ2n) is 5.84. The smallest absolute Gasteiger partial charge is 0.414 e. The van der Waals surface area contributed by atoms with Crippen molar-refractivity contribution < 1.29 is 29.3 Å². The van der Waals surface area contributed by atoms with Gasteiger partial charge in [-0.15, -0.1) is 0 Å². The van der Waals surface area contributed by atoms with Gasteiger partial charge in [0.2, 0.25) is 5.91 Å². The van der Waals surface area contributed by atoms with Gasteiger partial charge in [-0.3, -0.25) is 9.69 Å². The van der Waals surface area contributed by atoms with Gasteiger partial charge in [-0.1, -0.05) is 0 Å². The molecule has 3 N–H and O–H groups in total. The standard InChI is InChI=1S/C15H23N3O2.C2H2O4/c1-12(18-10-8-17(2)9-11-18)15(19)16-13-4-6-14(20-3)7-5-13;3-1(4)2(5)6/h4-7,12H,8-11H2,1-3H3,(H,16,19);(H,3,4)(H,5,6). The average molecular weight is 367 g/mol. The number of benzene rings is 1. The lowest BCUT2D eigenvalue weighted by Gasteiger charge is -2.35. The molecule has 0 aromatic heterocycles. The number of hydrogen-bond donors (Lipinski definition) is 3. The second-order valence-corrected chi connectivity index (χ2v) is 5.84. The van der Waals surface area contributed by atoms with Gasteiger partial charge in [0.15, 0.2) is 0 Å². The van der Waals surface area contributed by atoms with Gasteiger partial charge in [0.25, 0.3) is 0 Å². The molecule has 26 heavy (non-hydrogen) atoms. The summed E-state index contributed by atoms with van der Waals surface area (Å²) in [5.41, 5.74) is 0.803. The molecular weight excluding hydrogens is 342 g/mol. The van der Waals surface area contributed by atoms with E-state index >= 15 is 0 Å². The summed E-state index contributed by atoms with van der Waals surface area (Å²) in [5, 5.41) is 17.7. The van der Waals surface area contributed by atoms with Crippen molar-refractivity contribution in [1.29, 1.82) is 0 Å². The summed E-state index contributed by atoms with van der Waals surface area (Å²) in [4.78, 5) is 35.0. The predicted molar refractivity (Wildman–Crippen MR) is 95.4 cm³/mol. The Morgan fingerprint density at radius 1 is 1.04 bits per heavy atom. The molecule has 2 rings (SSSR count). The van der Waals surface area contributed by atoms with E-state index in [2.05, 4.69) is 22.2 Å². The first-order chi connectivity index (χ1) is 12.2. The lowest BCUT2D eigenvalue weighted by atomic mass is 10.2. The third-order valence-corrected chi connectivity index (χ3v) is 4.01. The Bertz CT molecular complexity index is 599. The molecule has 0 aliphatic carbocycles. The highest BCUT2D eigenvalue weighted by molar-refractivity contribution is 6.27. The maximum absolute atomic E-state index is 12.3. The molecular formula is C17H25N3O6. The number of aliphatic carboxylic acids is 2. The molecule has 1 saturated heterocycles. The molecule has 0 bridgehead atoms. The second kappa shape index (κ2) is 10.4. The van der Waals surface area contributed by atoms with Crippen LogP contribution in [0.2, 0.25) is 0 Å². The molecule has 1 unspecified atom stereocenters. The van der Waals surface area contributed by atoms with Crippen LogP contribution in [0.15, 0.2) is 24.3 Å². The van der Waals surface area contributed by atoms with Gasteiger partial charge in [0.05, 0.1) is 13.2 Å². The van der Waals surface area contributed by atoms with Crippen molar-refractivity contribution in [1.82, 2.24) is 9.80 Å². The minimum Gasteiger partial charge on any atom is -0.497 e. The molecule has 0 saturated carbocycles. The predicted octanol–water partition coefficient (Wildman–Crippen LogP) is 0.425. The Morgan fingerprint density at radius 2 is 1.54 bits per heavy atom. The number of carboxylic acid groups (broad SMARTS) is 2. The number of likely N-dealkylation sites (N-methyl/N-ethyl adjacent to an activating group) is 1. The van der Waals surface area contributed by atoms with Crippen molar-refractivity contribution in [3.63, 3.8) is 0 Å². The van der Waals surface area contributed by atoms with Crippen LogP contribution in [0.25, 0.3) is 0 Å². The third-order valence-electron chi connectivity index (χ3n) is 4.01. The van der Waals surface area contributed by atoms with Crippen LogP contribution in [0.3, 0.4) is 0 Å². The average Bonchev–Trinajstić information content (AvgIpc) is 2.62. The summed E-state index contributed by atoms with van der Waals surface area (Å²) in [7, 11) is 3.74. The molecule has 0 spiro atoms. The summed E-state index contributed by atoms with van der Waals surface area (Å²) in [6.07, 6.45) is 0. The fraction of sp³-hybridized carbons (Fsp3) is 0.471. The van der Waals surface area contributed by atoms with E-state index in [9.17, 15) is 4.79 Å². The number of nitrogens with one attached hydrogen (secondary N) is 1. The van der Waals surface area contributed by atoms with Crippen molar-refractivity contribution in [3.8, 4) is 5.75 Å². The van der Waals surface area contributed by atoms with Crippen molar-refractivity contribution in [2.45, 2.75) is 13.0 Å². The van der Waals surface area contributed by atoms with Gasteiger partial charge < -0.3 is 25.2 Å². The van der Waals surface area contributed by atoms with Crippen molar-refractivity contribution in [2.24, 2.45) is 0 Å². The topological polar surface area (TPSA) is 119 Å². The molecule has 1 fully saturated rings.